The molecule has 0 heterocycles. The first kappa shape index (κ1) is 17.5. The van der Waals surface area contributed by atoms with Crippen LogP contribution in [0.1, 0.15) is 25.0 Å². The van der Waals surface area contributed by atoms with Crippen molar-refractivity contribution in [2.24, 2.45) is 0 Å². The third-order valence-electron chi connectivity index (χ3n) is 3.30. The monoisotopic (exact) mass is 314 g/mol. The van der Waals surface area contributed by atoms with E-state index in [9.17, 15) is 13.2 Å². The average Bonchev–Trinajstić information content (AvgIpc) is 2.38. The summed E-state index contributed by atoms with van der Waals surface area (Å²) >= 11 is 0. The number of hydrogen-bond acceptors (Lipinski definition) is 5. The van der Waals surface area contributed by atoms with Gasteiger partial charge in [-0.25, -0.2) is 8.42 Å². The Labute approximate surface area is 125 Å². The van der Waals surface area contributed by atoms with E-state index in [-0.39, 0.29) is 17.1 Å². The van der Waals surface area contributed by atoms with Gasteiger partial charge in [0.15, 0.2) is 0 Å². The van der Waals surface area contributed by atoms with Crippen molar-refractivity contribution in [2.75, 3.05) is 19.4 Å². The van der Waals surface area contributed by atoms with Crippen molar-refractivity contribution in [3.63, 3.8) is 0 Å². The predicted molar refractivity (Wildman–Crippen MR) is 81.4 cm³/mol. The van der Waals surface area contributed by atoms with Crippen LogP contribution < -0.4 is 5.73 Å². The van der Waals surface area contributed by atoms with Gasteiger partial charge in [0.2, 0.25) is 10.0 Å². The van der Waals surface area contributed by atoms with Crippen LogP contribution in [0.4, 0.5) is 5.69 Å². The van der Waals surface area contributed by atoms with Crippen LogP contribution in [0.25, 0.3) is 0 Å². The summed E-state index contributed by atoms with van der Waals surface area (Å²) in [6.45, 7) is 6.71. The van der Waals surface area contributed by atoms with Crippen molar-refractivity contribution in [1.29, 1.82) is 0 Å². The molecule has 21 heavy (non-hydrogen) atoms. The summed E-state index contributed by atoms with van der Waals surface area (Å²) in [4.78, 5) is 11.5. The number of hydrogen-bond donors (Lipinski definition) is 1. The molecule has 2 N–H and O–H groups in total. The Morgan fingerprint density at radius 1 is 1.29 bits per heavy atom. The fourth-order valence-corrected chi connectivity index (χ4v) is 3.66. The summed E-state index contributed by atoms with van der Waals surface area (Å²) in [6, 6.07) is 2.76. The molecule has 0 unspecified atom stereocenters. The molecule has 0 amide bonds. The number of aryl methyl sites for hydroxylation is 2. The Kier molecular flexibility index (Phi) is 5.36. The number of sulfonamides is 1. The molecule has 6 nitrogen and oxygen atoms in total. The second kappa shape index (κ2) is 6.44. The maximum Gasteiger partial charge on any atom is 0.321 e. The molecule has 0 aliphatic carbocycles. The normalized spacial score (nSPS) is 12.0. The molecule has 0 aliphatic heterocycles. The molecule has 0 radical (unpaired) electrons. The largest absolute Gasteiger partial charge is 0.468 e. The Morgan fingerprint density at radius 2 is 1.81 bits per heavy atom. The summed E-state index contributed by atoms with van der Waals surface area (Å²) < 4.78 is 31.1. The van der Waals surface area contributed by atoms with Gasteiger partial charge in [-0.05, 0) is 51.0 Å². The Balaban J connectivity index is 3.36. The number of carbonyl (C=O) groups excluding carboxylic acids is 1. The predicted octanol–water partition coefficient (Wildman–Crippen LogP) is 1.46. The molecule has 7 heteroatoms. The van der Waals surface area contributed by atoms with Gasteiger partial charge < -0.3 is 10.5 Å². The van der Waals surface area contributed by atoms with Gasteiger partial charge in [-0.3, -0.25) is 4.79 Å². The van der Waals surface area contributed by atoms with E-state index in [0.29, 0.717) is 0 Å². The lowest BCUT2D eigenvalue weighted by atomic mass is 10.1. The van der Waals surface area contributed by atoms with E-state index < -0.39 is 22.0 Å². The van der Waals surface area contributed by atoms with Crippen LogP contribution >= 0.6 is 0 Å². The number of nitrogen functional groups attached to an aromatic ring is 1. The molecular weight excluding hydrogens is 292 g/mol. The molecule has 0 bridgehead atoms. The number of nitrogens with zero attached hydrogens (tertiary/aromatic N) is 1. The SMILES string of the molecule is COC(=O)CN(C(C)C)S(=O)(=O)c1cc(C)c(C)cc1N. The first-order chi connectivity index (χ1) is 9.61. The molecule has 0 atom stereocenters. The van der Waals surface area contributed by atoms with E-state index in [1.165, 1.54) is 13.2 Å². The van der Waals surface area contributed by atoms with Crippen LogP contribution in [0, 0.1) is 13.8 Å². The highest BCUT2D eigenvalue weighted by molar-refractivity contribution is 7.89. The number of ether oxygens (including phenoxy) is 1. The Hall–Kier alpha value is -1.60. The Morgan fingerprint density at radius 3 is 2.29 bits per heavy atom. The van der Waals surface area contributed by atoms with Crippen LogP contribution in [0.5, 0.6) is 0 Å². The zero-order valence-corrected chi connectivity index (χ0v) is 13.8. The van der Waals surface area contributed by atoms with E-state index >= 15 is 0 Å². The van der Waals surface area contributed by atoms with Crippen molar-refractivity contribution in [1.82, 2.24) is 4.31 Å². The van der Waals surface area contributed by atoms with Gasteiger partial charge >= 0.3 is 5.97 Å². The van der Waals surface area contributed by atoms with E-state index in [0.717, 1.165) is 15.4 Å². The molecule has 0 aromatic heterocycles. The highest BCUT2D eigenvalue weighted by atomic mass is 32.2. The minimum atomic E-state index is -3.87. The van der Waals surface area contributed by atoms with E-state index in [2.05, 4.69) is 4.74 Å². The van der Waals surface area contributed by atoms with Crippen LogP contribution in [0.2, 0.25) is 0 Å². The van der Waals surface area contributed by atoms with Gasteiger partial charge in [-0.2, -0.15) is 4.31 Å². The number of esters is 1. The maximum atomic E-state index is 12.7. The van der Waals surface area contributed by atoms with Gasteiger partial charge in [-0.1, -0.05) is 0 Å². The zero-order valence-electron chi connectivity index (χ0n) is 13.0. The molecule has 0 saturated carbocycles. The number of nitrogens with two attached hydrogens (primary N) is 1. The third kappa shape index (κ3) is 3.74. The quantitative estimate of drug-likeness (QED) is 0.656. The molecule has 1 aromatic carbocycles. The Bertz CT molecular complexity index is 639. The van der Waals surface area contributed by atoms with Crippen molar-refractivity contribution < 1.29 is 17.9 Å². The minimum absolute atomic E-state index is 0.0169. The standard InChI is InChI=1S/C14H22N2O4S/c1-9(2)16(8-14(17)20-5)21(18,19)13-7-11(4)10(3)6-12(13)15/h6-7,9H,8,15H2,1-5H3. The number of anilines is 1. The molecule has 0 saturated heterocycles. The lowest BCUT2D eigenvalue weighted by Crippen LogP contribution is -2.41. The van der Waals surface area contributed by atoms with Crippen LogP contribution in [0.15, 0.2) is 17.0 Å². The maximum absolute atomic E-state index is 12.7. The molecule has 0 aliphatic rings. The molecule has 0 fully saturated rings. The van der Waals surface area contributed by atoms with E-state index in [1.807, 2.05) is 13.8 Å². The zero-order chi connectivity index (χ0) is 16.4. The molecule has 0 spiro atoms. The van der Waals surface area contributed by atoms with Crippen LogP contribution in [-0.4, -0.2) is 38.4 Å². The fraction of sp³-hybridized carbons (Fsp3) is 0.500. The molecular formula is C14H22N2O4S. The van der Waals surface area contributed by atoms with Gasteiger partial charge in [0, 0.05) is 6.04 Å². The molecule has 118 valence electrons. The van der Waals surface area contributed by atoms with Gasteiger partial charge in [-0.15, -0.1) is 0 Å². The second-order valence-electron chi connectivity index (χ2n) is 5.19. The first-order valence-corrected chi connectivity index (χ1v) is 8.00. The summed E-state index contributed by atoms with van der Waals surface area (Å²) in [5, 5.41) is 0. The van der Waals surface area contributed by atoms with Gasteiger partial charge in [0.25, 0.3) is 0 Å². The second-order valence-corrected chi connectivity index (χ2v) is 7.05. The molecule has 1 aromatic rings. The third-order valence-corrected chi connectivity index (χ3v) is 5.38. The minimum Gasteiger partial charge on any atom is -0.468 e. The van der Waals surface area contributed by atoms with Crippen molar-refractivity contribution >= 4 is 21.7 Å². The number of rotatable bonds is 5. The fourth-order valence-electron chi connectivity index (χ4n) is 1.90. The summed E-state index contributed by atoms with van der Waals surface area (Å²) in [5.41, 5.74) is 7.77. The molecule has 1 rings (SSSR count). The number of methoxy groups -OCH3 is 1. The lowest BCUT2D eigenvalue weighted by molar-refractivity contribution is -0.141. The summed E-state index contributed by atoms with van der Waals surface area (Å²) in [7, 11) is -2.65. The number of carbonyl (C=O) groups is 1. The number of benzene rings is 1. The van der Waals surface area contributed by atoms with Gasteiger partial charge in [0.1, 0.15) is 11.4 Å². The van der Waals surface area contributed by atoms with Crippen LogP contribution in [0.3, 0.4) is 0 Å². The van der Waals surface area contributed by atoms with Crippen molar-refractivity contribution in [2.45, 2.75) is 38.6 Å². The van der Waals surface area contributed by atoms with Crippen molar-refractivity contribution in [3.8, 4) is 0 Å². The van der Waals surface area contributed by atoms with E-state index in [4.69, 9.17) is 5.73 Å². The highest BCUT2D eigenvalue weighted by Crippen LogP contribution is 2.26. The first-order valence-electron chi connectivity index (χ1n) is 6.56. The van der Waals surface area contributed by atoms with Crippen molar-refractivity contribution in [3.05, 3.63) is 23.3 Å². The van der Waals surface area contributed by atoms with E-state index in [1.54, 1.807) is 19.9 Å². The lowest BCUT2D eigenvalue weighted by Gasteiger charge is -2.25. The van der Waals surface area contributed by atoms with Gasteiger partial charge in [0.05, 0.1) is 12.8 Å². The summed E-state index contributed by atoms with van der Waals surface area (Å²) in [5.74, 6) is -0.616. The highest BCUT2D eigenvalue weighted by Gasteiger charge is 2.31. The topological polar surface area (TPSA) is 89.7 Å². The smallest absolute Gasteiger partial charge is 0.321 e. The average molecular weight is 314 g/mol. The van der Waals surface area contributed by atoms with Crippen LogP contribution in [-0.2, 0) is 19.6 Å². The summed E-state index contributed by atoms with van der Waals surface area (Å²) in [6.07, 6.45) is 0.